The summed E-state index contributed by atoms with van der Waals surface area (Å²) in [5.74, 6) is 0.395. The standard InChI is InChI=1S/C10H16N2O2/c1-8(13)11-5-6-12-9(7-11)3-2-4-10(12)14/h9H,2-7H2,1H3. The van der Waals surface area contributed by atoms with Crippen LogP contribution in [0.5, 0.6) is 0 Å². The van der Waals surface area contributed by atoms with Crippen LogP contribution in [0.4, 0.5) is 0 Å². The number of amides is 2. The molecular weight excluding hydrogens is 180 g/mol. The number of hydrogen-bond donors (Lipinski definition) is 0. The quantitative estimate of drug-likeness (QED) is 0.556. The minimum atomic E-state index is 0.127. The Hall–Kier alpha value is -1.06. The van der Waals surface area contributed by atoms with E-state index in [1.165, 1.54) is 0 Å². The third-order valence-electron chi connectivity index (χ3n) is 3.18. The van der Waals surface area contributed by atoms with Gasteiger partial charge in [-0.2, -0.15) is 0 Å². The van der Waals surface area contributed by atoms with Gasteiger partial charge in [0.1, 0.15) is 0 Å². The van der Waals surface area contributed by atoms with Crippen LogP contribution < -0.4 is 0 Å². The Morgan fingerprint density at radius 1 is 1.43 bits per heavy atom. The third kappa shape index (κ3) is 1.61. The van der Waals surface area contributed by atoms with E-state index in [1.54, 1.807) is 6.92 Å². The van der Waals surface area contributed by atoms with Gasteiger partial charge in [0.25, 0.3) is 0 Å². The predicted molar refractivity (Wildman–Crippen MR) is 51.6 cm³/mol. The van der Waals surface area contributed by atoms with Crippen LogP contribution in [-0.2, 0) is 9.59 Å². The Labute approximate surface area is 83.9 Å². The second-order valence-corrected chi connectivity index (χ2v) is 4.10. The van der Waals surface area contributed by atoms with Crippen molar-refractivity contribution in [2.24, 2.45) is 0 Å². The zero-order chi connectivity index (χ0) is 10.1. The van der Waals surface area contributed by atoms with E-state index in [-0.39, 0.29) is 17.9 Å². The van der Waals surface area contributed by atoms with Gasteiger partial charge in [0, 0.05) is 39.0 Å². The summed E-state index contributed by atoms with van der Waals surface area (Å²) in [7, 11) is 0. The molecule has 4 heteroatoms. The molecule has 1 atom stereocenters. The highest BCUT2D eigenvalue weighted by atomic mass is 16.2. The minimum absolute atomic E-state index is 0.127. The number of carbonyl (C=O) groups excluding carboxylic acids is 2. The van der Waals surface area contributed by atoms with Crippen LogP contribution in [0, 0.1) is 0 Å². The van der Waals surface area contributed by atoms with Crippen molar-refractivity contribution in [1.29, 1.82) is 0 Å². The second-order valence-electron chi connectivity index (χ2n) is 4.10. The maximum atomic E-state index is 11.5. The maximum Gasteiger partial charge on any atom is 0.222 e. The molecule has 78 valence electrons. The number of carbonyl (C=O) groups is 2. The van der Waals surface area contributed by atoms with Crippen molar-refractivity contribution in [3.63, 3.8) is 0 Å². The van der Waals surface area contributed by atoms with E-state index in [9.17, 15) is 9.59 Å². The Kier molecular flexibility index (Phi) is 2.44. The molecule has 0 spiro atoms. The average Bonchev–Trinajstić information content (AvgIpc) is 2.17. The average molecular weight is 196 g/mol. The zero-order valence-electron chi connectivity index (χ0n) is 8.53. The molecule has 1 unspecified atom stereocenters. The van der Waals surface area contributed by atoms with Gasteiger partial charge >= 0.3 is 0 Å². The molecule has 14 heavy (non-hydrogen) atoms. The van der Waals surface area contributed by atoms with E-state index < -0.39 is 0 Å². The predicted octanol–water partition coefficient (Wildman–Crippen LogP) is 0.230. The van der Waals surface area contributed by atoms with Gasteiger partial charge in [0.2, 0.25) is 11.8 Å². The first kappa shape index (κ1) is 9.49. The Morgan fingerprint density at radius 2 is 2.21 bits per heavy atom. The van der Waals surface area contributed by atoms with Crippen LogP contribution in [0.15, 0.2) is 0 Å². The van der Waals surface area contributed by atoms with E-state index >= 15 is 0 Å². The minimum Gasteiger partial charge on any atom is -0.339 e. The van der Waals surface area contributed by atoms with Crippen LogP contribution in [0.25, 0.3) is 0 Å². The summed E-state index contributed by atoms with van der Waals surface area (Å²) in [5.41, 5.74) is 0. The second kappa shape index (κ2) is 3.59. The molecule has 2 fully saturated rings. The summed E-state index contributed by atoms with van der Waals surface area (Å²) in [6, 6.07) is 0.286. The number of hydrogen-bond acceptors (Lipinski definition) is 2. The fourth-order valence-corrected chi connectivity index (χ4v) is 2.35. The fraction of sp³-hybridized carbons (Fsp3) is 0.800. The van der Waals surface area contributed by atoms with Gasteiger partial charge in [-0.15, -0.1) is 0 Å². The van der Waals surface area contributed by atoms with Crippen LogP contribution in [0.3, 0.4) is 0 Å². The van der Waals surface area contributed by atoms with E-state index in [4.69, 9.17) is 0 Å². The number of rotatable bonds is 0. The molecule has 2 heterocycles. The van der Waals surface area contributed by atoms with Crippen LogP contribution in [0.1, 0.15) is 26.2 Å². The Morgan fingerprint density at radius 3 is 2.93 bits per heavy atom. The first-order valence-corrected chi connectivity index (χ1v) is 5.23. The van der Waals surface area contributed by atoms with E-state index in [1.807, 2.05) is 9.80 Å². The molecule has 0 saturated carbocycles. The van der Waals surface area contributed by atoms with E-state index in [0.717, 1.165) is 25.9 Å². The molecule has 2 aliphatic rings. The van der Waals surface area contributed by atoms with Crippen molar-refractivity contribution in [3.8, 4) is 0 Å². The van der Waals surface area contributed by atoms with Gasteiger partial charge in [0.05, 0.1) is 0 Å². The van der Waals surface area contributed by atoms with Crippen molar-refractivity contribution in [2.45, 2.75) is 32.2 Å². The van der Waals surface area contributed by atoms with Gasteiger partial charge in [0.15, 0.2) is 0 Å². The lowest BCUT2D eigenvalue weighted by molar-refractivity contribution is -0.144. The molecule has 0 radical (unpaired) electrons. The molecule has 2 aliphatic heterocycles. The first-order valence-electron chi connectivity index (χ1n) is 5.23. The lowest BCUT2D eigenvalue weighted by Crippen LogP contribution is -2.57. The number of nitrogens with zero attached hydrogens (tertiary/aromatic N) is 2. The molecule has 4 nitrogen and oxygen atoms in total. The highest BCUT2D eigenvalue weighted by Crippen LogP contribution is 2.21. The third-order valence-corrected chi connectivity index (χ3v) is 3.18. The highest BCUT2D eigenvalue weighted by molar-refractivity contribution is 5.78. The fourth-order valence-electron chi connectivity index (χ4n) is 2.35. The summed E-state index contributed by atoms with van der Waals surface area (Å²) < 4.78 is 0. The summed E-state index contributed by atoms with van der Waals surface area (Å²) in [6.45, 7) is 3.77. The summed E-state index contributed by atoms with van der Waals surface area (Å²) in [5, 5.41) is 0. The van der Waals surface area contributed by atoms with E-state index in [0.29, 0.717) is 13.0 Å². The number of fused-ring (bicyclic) bond motifs is 1. The number of piperidine rings is 1. The first-order chi connectivity index (χ1) is 6.68. The molecule has 0 aromatic heterocycles. The molecule has 0 aliphatic carbocycles. The van der Waals surface area contributed by atoms with Crippen LogP contribution >= 0.6 is 0 Å². The summed E-state index contributed by atoms with van der Waals surface area (Å²) >= 11 is 0. The highest BCUT2D eigenvalue weighted by Gasteiger charge is 2.33. The Bertz CT molecular complexity index is 265. The van der Waals surface area contributed by atoms with Crippen LogP contribution in [0.2, 0.25) is 0 Å². The zero-order valence-corrected chi connectivity index (χ0v) is 8.53. The molecular formula is C10H16N2O2. The molecule has 2 amide bonds. The number of piperazine rings is 1. The molecule has 0 bridgehead atoms. The molecule has 2 saturated heterocycles. The molecule has 0 aromatic rings. The van der Waals surface area contributed by atoms with Gasteiger partial charge in [-0.05, 0) is 12.8 Å². The Balaban J connectivity index is 2.03. The van der Waals surface area contributed by atoms with Crippen molar-refractivity contribution in [2.75, 3.05) is 19.6 Å². The van der Waals surface area contributed by atoms with Crippen molar-refractivity contribution < 1.29 is 9.59 Å². The normalized spacial score (nSPS) is 27.5. The van der Waals surface area contributed by atoms with Crippen LogP contribution in [-0.4, -0.2) is 47.3 Å². The van der Waals surface area contributed by atoms with E-state index in [2.05, 4.69) is 0 Å². The van der Waals surface area contributed by atoms with Gasteiger partial charge < -0.3 is 9.80 Å². The smallest absolute Gasteiger partial charge is 0.222 e. The summed E-state index contributed by atoms with van der Waals surface area (Å²) in [4.78, 5) is 26.5. The lowest BCUT2D eigenvalue weighted by atomic mass is 9.99. The van der Waals surface area contributed by atoms with Gasteiger partial charge in [-0.1, -0.05) is 0 Å². The molecule has 0 aromatic carbocycles. The van der Waals surface area contributed by atoms with Crippen molar-refractivity contribution >= 4 is 11.8 Å². The monoisotopic (exact) mass is 196 g/mol. The summed E-state index contributed by atoms with van der Waals surface area (Å²) in [6.07, 6.45) is 2.72. The topological polar surface area (TPSA) is 40.6 Å². The van der Waals surface area contributed by atoms with Gasteiger partial charge in [-0.25, -0.2) is 0 Å². The molecule has 2 rings (SSSR count). The lowest BCUT2D eigenvalue weighted by Gasteiger charge is -2.43. The van der Waals surface area contributed by atoms with Crippen molar-refractivity contribution in [1.82, 2.24) is 9.80 Å². The maximum absolute atomic E-state index is 11.5. The SMILES string of the molecule is CC(=O)N1CCN2C(=O)CCCC2C1. The van der Waals surface area contributed by atoms with Gasteiger partial charge in [-0.3, -0.25) is 9.59 Å². The van der Waals surface area contributed by atoms with Crippen molar-refractivity contribution in [3.05, 3.63) is 0 Å². The largest absolute Gasteiger partial charge is 0.339 e. The molecule has 0 N–H and O–H groups in total.